The second-order valence-electron chi connectivity index (χ2n) is 19.7. The van der Waals surface area contributed by atoms with Crippen LogP contribution in [0.4, 0.5) is 56.9 Å². The lowest BCUT2D eigenvalue weighted by molar-refractivity contribution is -0.726. The molecule has 75 heavy (non-hydrogen) atoms. The Morgan fingerprint density at radius 2 is 0.467 bits per heavy atom. The number of fused-ring (bicyclic) bond motifs is 4. The van der Waals surface area contributed by atoms with Gasteiger partial charge in [0.1, 0.15) is 13.1 Å². The van der Waals surface area contributed by atoms with Crippen LogP contribution in [0.1, 0.15) is 32.1 Å². The molecular formula is C67H64N8+4. The van der Waals surface area contributed by atoms with Crippen LogP contribution in [0, 0.1) is 0 Å². The van der Waals surface area contributed by atoms with Gasteiger partial charge in [-0.3, -0.25) is 0 Å². The van der Waals surface area contributed by atoms with Crippen LogP contribution in [-0.4, -0.2) is 13.1 Å². The fourth-order valence-corrected chi connectivity index (χ4v) is 11.0. The van der Waals surface area contributed by atoms with E-state index in [1.165, 1.54) is 79.1 Å². The van der Waals surface area contributed by atoms with Crippen LogP contribution < -0.4 is 37.9 Å². The molecule has 2 aliphatic rings. The highest BCUT2D eigenvalue weighted by atomic mass is 15.3. The van der Waals surface area contributed by atoms with Crippen molar-refractivity contribution in [1.29, 1.82) is 0 Å². The number of nitrogens with zero attached hydrogens (tertiary/aromatic N) is 8. The van der Waals surface area contributed by atoms with Crippen molar-refractivity contribution in [2.45, 2.75) is 58.3 Å². The maximum atomic E-state index is 2.51. The van der Waals surface area contributed by atoms with Crippen molar-refractivity contribution >= 4 is 56.9 Å². The maximum Gasteiger partial charge on any atom is 0.169 e. The lowest BCUT2D eigenvalue weighted by atomic mass is 10.1. The van der Waals surface area contributed by atoms with Crippen LogP contribution in [0.5, 0.6) is 0 Å². The summed E-state index contributed by atoms with van der Waals surface area (Å²) in [6.45, 7) is 5.83. The zero-order valence-corrected chi connectivity index (χ0v) is 42.6. The molecule has 8 heteroatoms. The third kappa shape index (κ3) is 10.2. The fraction of sp³-hybridized carbons (Fsp3) is 0.164. The van der Waals surface area contributed by atoms with Gasteiger partial charge in [0.05, 0.1) is 51.9 Å². The Morgan fingerprint density at radius 3 is 0.747 bits per heavy atom. The number of aryl methyl sites for hydroxylation is 4. The summed E-state index contributed by atoms with van der Waals surface area (Å²) in [5.41, 5.74) is 17.2. The average molecular weight is 981 g/mol. The molecule has 10 aromatic rings. The van der Waals surface area contributed by atoms with Gasteiger partial charge in [0.15, 0.2) is 62.7 Å². The van der Waals surface area contributed by atoms with Crippen molar-refractivity contribution in [3.63, 3.8) is 0 Å². The molecule has 12 rings (SSSR count). The lowest BCUT2D eigenvalue weighted by Crippen LogP contribution is -2.38. The number of anilines is 10. The summed E-state index contributed by atoms with van der Waals surface area (Å²) in [4.78, 5) is 9.79. The fourth-order valence-electron chi connectivity index (χ4n) is 11.0. The topological polar surface area (TPSA) is 28.5 Å². The summed E-state index contributed by atoms with van der Waals surface area (Å²) in [6.07, 6.45) is 23.2. The number of aromatic nitrogens is 4. The molecule has 8 nitrogen and oxygen atoms in total. The van der Waals surface area contributed by atoms with Gasteiger partial charge in [-0.1, -0.05) is 84.9 Å². The van der Waals surface area contributed by atoms with E-state index in [0.29, 0.717) is 0 Å². The molecule has 6 aromatic carbocycles. The molecule has 0 aliphatic carbocycles. The van der Waals surface area contributed by atoms with Crippen molar-refractivity contribution in [1.82, 2.24) is 0 Å². The molecule has 4 aromatic heterocycles. The Kier molecular flexibility index (Phi) is 13.9. The highest BCUT2D eigenvalue weighted by molar-refractivity contribution is 5.99. The van der Waals surface area contributed by atoms with Crippen molar-refractivity contribution in [3.05, 3.63) is 256 Å². The highest BCUT2D eigenvalue weighted by Gasteiger charge is 2.30. The zero-order valence-electron chi connectivity index (χ0n) is 42.6. The van der Waals surface area contributed by atoms with Gasteiger partial charge in [-0.2, -0.15) is 0 Å². The molecule has 0 bridgehead atoms. The summed E-state index contributed by atoms with van der Waals surface area (Å²) in [6, 6.07) is 74.6. The summed E-state index contributed by atoms with van der Waals surface area (Å²) in [5.74, 6) is 0. The van der Waals surface area contributed by atoms with E-state index in [1.54, 1.807) is 0 Å². The Hall–Kier alpha value is -8.88. The smallest absolute Gasteiger partial charge is 0.169 e. The molecule has 0 fully saturated rings. The Morgan fingerprint density at radius 1 is 0.227 bits per heavy atom. The summed E-state index contributed by atoms with van der Waals surface area (Å²) in [7, 11) is 0. The summed E-state index contributed by atoms with van der Waals surface area (Å²) < 4.78 is 9.23. The number of para-hydroxylation sites is 10. The van der Waals surface area contributed by atoms with E-state index < -0.39 is 0 Å². The molecule has 0 spiro atoms. The monoisotopic (exact) mass is 981 g/mol. The van der Waals surface area contributed by atoms with Gasteiger partial charge in [0.25, 0.3) is 0 Å². The number of pyridine rings is 4. The molecule has 0 saturated heterocycles. The van der Waals surface area contributed by atoms with Crippen LogP contribution in [0.15, 0.2) is 256 Å². The van der Waals surface area contributed by atoms with E-state index in [-0.39, 0.29) is 0 Å². The quantitative estimate of drug-likeness (QED) is 0.0633. The largest absolute Gasteiger partial charge is 0.338 e. The minimum Gasteiger partial charge on any atom is -0.338 e. The molecular weight excluding hydrogens is 917 g/mol. The van der Waals surface area contributed by atoms with Crippen molar-refractivity contribution in [2.24, 2.45) is 0 Å². The van der Waals surface area contributed by atoms with Crippen LogP contribution in [0.25, 0.3) is 22.3 Å². The average Bonchev–Trinajstić information content (AvgIpc) is 3.48. The second kappa shape index (κ2) is 22.1. The van der Waals surface area contributed by atoms with E-state index in [0.717, 1.165) is 71.4 Å². The van der Waals surface area contributed by atoms with E-state index in [9.17, 15) is 0 Å². The van der Waals surface area contributed by atoms with E-state index in [2.05, 4.69) is 294 Å². The number of benzene rings is 6. The summed E-state index contributed by atoms with van der Waals surface area (Å²) in [5, 5.41) is 0. The molecule has 0 amide bonds. The SMILES string of the molecule is c1ccc(N2c3ccccc3N(CCCC[n+]3ccc(-c4cc[n+](CCC[n+]5ccc(-c6cc[n+](CCCCN7c8ccccc8N(c8ccccc8)c8ccccc87)cc6)cc5)cc4)cc3)c3ccccc32)cc1. The van der Waals surface area contributed by atoms with Crippen molar-refractivity contribution in [3.8, 4) is 22.3 Å². The Labute approximate surface area is 442 Å². The molecule has 0 N–H and O–H groups in total. The first kappa shape index (κ1) is 47.1. The van der Waals surface area contributed by atoms with Crippen molar-refractivity contribution < 1.29 is 18.3 Å². The lowest BCUT2D eigenvalue weighted by Gasteiger charge is -2.40. The molecule has 0 radical (unpaired) electrons. The zero-order chi connectivity index (χ0) is 50.2. The van der Waals surface area contributed by atoms with E-state index >= 15 is 0 Å². The third-order valence-corrected chi connectivity index (χ3v) is 14.8. The Balaban J connectivity index is 0.583. The van der Waals surface area contributed by atoms with Gasteiger partial charge in [-0.05, 0) is 108 Å². The molecule has 368 valence electrons. The van der Waals surface area contributed by atoms with Crippen LogP contribution >= 0.6 is 0 Å². The first-order valence-electron chi connectivity index (χ1n) is 26.8. The highest BCUT2D eigenvalue weighted by Crippen LogP contribution is 2.52. The number of unbranched alkanes of at least 4 members (excludes halogenated alkanes) is 2. The summed E-state index contributed by atoms with van der Waals surface area (Å²) >= 11 is 0. The minimum absolute atomic E-state index is 0.962. The van der Waals surface area contributed by atoms with Gasteiger partial charge < -0.3 is 19.6 Å². The first-order chi connectivity index (χ1) is 37.2. The van der Waals surface area contributed by atoms with Gasteiger partial charge in [0.2, 0.25) is 0 Å². The van der Waals surface area contributed by atoms with Gasteiger partial charge in [-0.15, -0.1) is 0 Å². The van der Waals surface area contributed by atoms with E-state index in [4.69, 9.17) is 0 Å². The molecule has 6 heterocycles. The van der Waals surface area contributed by atoms with Crippen LogP contribution in [-0.2, 0) is 26.2 Å². The predicted molar refractivity (Wildman–Crippen MR) is 304 cm³/mol. The molecule has 0 atom stereocenters. The number of hydrogen-bond acceptors (Lipinski definition) is 4. The maximum absolute atomic E-state index is 2.51. The number of rotatable bonds is 18. The minimum atomic E-state index is 0.962. The third-order valence-electron chi connectivity index (χ3n) is 14.8. The van der Waals surface area contributed by atoms with E-state index in [1.807, 2.05) is 0 Å². The standard InChI is InChI=1S/C67H64N8/c1-3-20-58(21-4-1)74-64-28-11-7-24-60(64)72(61-25-8-12-29-65(61)74)44-17-15-40-68-46-32-54(33-47-68)56-36-50-70(51-37-56)42-19-43-71-52-38-57(39-53-71)55-34-48-69(49-35-55)41-16-18-45-73-62-26-9-13-30-66(62)75(59-22-5-2-6-23-59)67-31-14-10-27-63(67)73/h1-14,20-39,46-53H,15-19,40-45H2/q+4. The predicted octanol–water partition coefficient (Wildman–Crippen LogP) is 14.1. The van der Waals surface area contributed by atoms with Gasteiger partial charge in [-0.25, -0.2) is 18.3 Å². The molecule has 0 saturated carbocycles. The number of hydrogen-bond donors (Lipinski definition) is 0. The second-order valence-corrected chi connectivity index (χ2v) is 19.7. The van der Waals surface area contributed by atoms with Crippen molar-refractivity contribution in [2.75, 3.05) is 32.7 Å². The van der Waals surface area contributed by atoms with Crippen LogP contribution in [0.3, 0.4) is 0 Å². The van der Waals surface area contributed by atoms with Crippen LogP contribution in [0.2, 0.25) is 0 Å². The molecule has 2 aliphatic heterocycles. The Bertz CT molecular complexity index is 3150. The first-order valence-corrected chi connectivity index (χ1v) is 26.8. The normalized spacial score (nSPS) is 12.5. The van der Waals surface area contributed by atoms with Gasteiger partial charge in [0, 0.05) is 85.8 Å². The van der Waals surface area contributed by atoms with Gasteiger partial charge >= 0.3 is 0 Å². The molecule has 0 unspecified atom stereocenters.